The van der Waals surface area contributed by atoms with Crippen LogP contribution in [0.5, 0.6) is 5.75 Å². The van der Waals surface area contributed by atoms with Crippen LogP contribution in [-0.4, -0.2) is 48.2 Å². The van der Waals surface area contributed by atoms with E-state index in [0.717, 1.165) is 16.6 Å². The highest BCUT2D eigenvalue weighted by atomic mass is 16.3. The molecule has 0 radical (unpaired) electrons. The van der Waals surface area contributed by atoms with Crippen molar-refractivity contribution in [3.05, 3.63) is 75.7 Å². The predicted molar refractivity (Wildman–Crippen MR) is 128 cm³/mol. The number of aromatic amines is 1. The highest BCUT2D eigenvalue weighted by Gasteiger charge is 2.26. The second kappa shape index (κ2) is 8.54. The number of nitrogens with zero attached hydrogens (tertiary/aromatic N) is 4. The van der Waals surface area contributed by atoms with Crippen LogP contribution in [0.25, 0.3) is 22.3 Å². The molecule has 2 amide bonds. The Morgan fingerprint density at radius 1 is 1.12 bits per heavy atom. The lowest BCUT2D eigenvalue weighted by molar-refractivity contribution is 0.184. The number of phenols is 1. The number of benzene rings is 1. The number of anilines is 1. The summed E-state index contributed by atoms with van der Waals surface area (Å²) in [6.07, 6.45) is 4.54. The Balaban J connectivity index is 1.31. The van der Waals surface area contributed by atoms with E-state index in [1.807, 2.05) is 6.07 Å². The van der Waals surface area contributed by atoms with E-state index in [1.165, 1.54) is 4.57 Å². The first-order valence-electron chi connectivity index (χ1n) is 11.0. The lowest BCUT2D eigenvalue weighted by atomic mass is 10.0. The number of nitrogens with one attached hydrogen (secondary N) is 2. The normalized spacial score (nSPS) is 14.4. The van der Waals surface area contributed by atoms with Crippen molar-refractivity contribution in [1.82, 2.24) is 24.0 Å². The third-order valence-electron chi connectivity index (χ3n) is 6.23. The van der Waals surface area contributed by atoms with Crippen molar-refractivity contribution < 1.29 is 9.90 Å². The van der Waals surface area contributed by atoms with Crippen molar-refractivity contribution in [3.63, 3.8) is 0 Å². The van der Waals surface area contributed by atoms with Crippen LogP contribution >= 0.6 is 0 Å². The van der Waals surface area contributed by atoms with Gasteiger partial charge in [-0.15, -0.1) is 0 Å². The first kappa shape index (κ1) is 21.5. The SMILES string of the molecule is Cn1cc(-c2ccc(O)cc2)cc(NC(=O)N2CCC(n3c(=O)[nH]c4ncccc43)CC2)c1=O. The van der Waals surface area contributed by atoms with E-state index >= 15 is 0 Å². The number of urea groups is 1. The fourth-order valence-electron chi connectivity index (χ4n) is 4.46. The van der Waals surface area contributed by atoms with Gasteiger partial charge in [0, 0.05) is 44.1 Å². The van der Waals surface area contributed by atoms with Crippen LogP contribution in [0.3, 0.4) is 0 Å². The summed E-state index contributed by atoms with van der Waals surface area (Å²) in [5.74, 6) is 0.150. The molecule has 0 bridgehead atoms. The molecule has 4 heterocycles. The smallest absolute Gasteiger partial charge is 0.327 e. The first-order chi connectivity index (χ1) is 16.4. The van der Waals surface area contributed by atoms with Gasteiger partial charge in [-0.25, -0.2) is 14.6 Å². The predicted octanol–water partition coefficient (Wildman–Crippen LogP) is 2.66. The third kappa shape index (κ3) is 3.94. The highest BCUT2D eigenvalue weighted by molar-refractivity contribution is 5.90. The summed E-state index contributed by atoms with van der Waals surface area (Å²) in [5, 5.41) is 12.3. The van der Waals surface area contributed by atoms with Gasteiger partial charge in [-0.05, 0) is 48.7 Å². The number of piperidine rings is 1. The number of amides is 2. The Morgan fingerprint density at radius 3 is 2.59 bits per heavy atom. The van der Waals surface area contributed by atoms with Crippen molar-refractivity contribution >= 4 is 22.9 Å². The lowest BCUT2D eigenvalue weighted by Crippen LogP contribution is -2.43. The Morgan fingerprint density at radius 2 is 1.85 bits per heavy atom. The van der Waals surface area contributed by atoms with Crippen molar-refractivity contribution in [3.8, 4) is 16.9 Å². The first-order valence-corrected chi connectivity index (χ1v) is 11.0. The summed E-state index contributed by atoms with van der Waals surface area (Å²) < 4.78 is 3.13. The molecule has 34 heavy (non-hydrogen) atoms. The fourth-order valence-corrected chi connectivity index (χ4v) is 4.46. The lowest BCUT2D eigenvalue weighted by Gasteiger charge is -2.32. The molecule has 3 aromatic heterocycles. The number of aromatic nitrogens is 4. The van der Waals surface area contributed by atoms with Gasteiger partial charge in [0.2, 0.25) is 0 Å². The molecule has 1 aliphatic rings. The molecule has 0 aliphatic carbocycles. The van der Waals surface area contributed by atoms with Crippen LogP contribution < -0.4 is 16.6 Å². The van der Waals surface area contributed by atoms with Gasteiger partial charge in [0.25, 0.3) is 5.56 Å². The number of aryl methyl sites for hydroxylation is 1. The zero-order valence-electron chi connectivity index (χ0n) is 18.6. The second-order valence-electron chi connectivity index (χ2n) is 8.43. The summed E-state index contributed by atoms with van der Waals surface area (Å²) in [4.78, 5) is 46.7. The van der Waals surface area contributed by atoms with Gasteiger partial charge in [-0.3, -0.25) is 14.3 Å². The molecule has 3 N–H and O–H groups in total. The number of imidazole rings is 1. The maximum Gasteiger partial charge on any atom is 0.327 e. The number of H-pyrrole nitrogens is 1. The fraction of sp³-hybridized carbons (Fsp3) is 0.250. The second-order valence-corrected chi connectivity index (χ2v) is 8.43. The number of fused-ring (bicyclic) bond motifs is 1. The summed E-state index contributed by atoms with van der Waals surface area (Å²) in [7, 11) is 1.63. The molecule has 1 aliphatic heterocycles. The molecular formula is C24H24N6O4. The number of hydrogen-bond donors (Lipinski definition) is 3. The Labute approximate surface area is 194 Å². The van der Waals surface area contributed by atoms with E-state index in [9.17, 15) is 19.5 Å². The summed E-state index contributed by atoms with van der Waals surface area (Å²) >= 11 is 0. The number of phenolic OH excluding ortho intramolecular Hbond substituents is 1. The van der Waals surface area contributed by atoms with Gasteiger partial charge in [0.15, 0.2) is 5.65 Å². The van der Waals surface area contributed by atoms with Crippen molar-refractivity contribution in [2.45, 2.75) is 18.9 Å². The van der Waals surface area contributed by atoms with E-state index in [-0.39, 0.29) is 34.8 Å². The molecule has 5 rings (SSSR count). The van der Waals surface area contributed by atoms with E-state index in [2.05, 4.69) is 15.3 Å². The number of carbonyl (C=O) groups is 1. The average Bonchev–Trinajstić information content (AvgIpc) is 3.18. The van der Waals surface area contributed by atoms with Crippen LogP contribution in [0.15, 0.2) is 64.4 Å². The topological polar surface area (TPSA) is 125 Å². The molecule has 0 saturated carbocycles. The molecule has 0 atom stereocenters. The zero-order valence-corrected chi connectivity index (χ0v) is 18.6. The number of rotatable bonds is 3. The monoisotopic (exact) mass is 460 g/mol. The molecule has 0 spiro atoms. The van der Waals surface area contributed by atoms with Crippen molar-refractivity contribution in [1.29, 1.82) is 0 Å². The van der Waals surface area contributed by atoms with Crippen LogP contribution in [0.1, 0.15) is 18.9 Å². The summed E-state index contributed by atoms with van der Waals surface area (Å²) in [6.45, 7) is 0.904. The minimum absolute atomic E-state index is 0.0415. The van der Waals surface area contributed by atoms with Crippen LogP contribution in [0.2, 0.25) is 0 Å². The standard InChI is InChI=1S/C24H24N6O4/c1-28-14-16(15-4-6-18(31)7-5-15)13-19(22(28)32)26-23(33)29-11-8-17(9-12-29)30-20-3-2-10-25-21(20)27-24(30)34/h2-7,10,13-14,17,31H,8-9,11-12H2,1H3,(H,26,33)(H,25,27,34). The van der Waals surface area contributed by atoms with Gasteiger partial charge >= 0.3 is 11.7 Å². The molecule has 4 aromatic rings. The Bertz CT molecular complexity index is 1480. The number of hydrogen-bond acceptors (Lipinski definition) is 5. The number of pyridine rings is 2. The maximum atomic E-state index is 12.9. The van der Waals surface area contributed by atoms with E-state index in [0.29, 0.717) is 31.6 Å². The average molecular weight is 460 g/mol. The molecule has 10 nitrogen and oxygen atoms in total. The largest absolute Gasteiger partial charge is 0.508 e. The molecule has 1 fully saturated rings. The highest BCUT2D eigenvalue weighted by Crippen LogP contribution is 2.26. The van der Waals surface area contributed by atoms with Crippen LogP contribution in [0, 0.1) is 0 Å². The quantitative estimate of drug-likeness (QED) is 0.433. The van der Waals surface area contributed by atoms with Crippen molar-refractivity contribution in [2.75, 3.05) is 18.4 Å². The minimum Gasteiger partial charge on any atom is -0.508 e. The Hall–Kier alpha value is -4.34. The summed E-state index contributed by atoms with van der Waals surface area (Å²) in [6, 6.07) is 11.5. The van der Waals surface area contributed by atoms with Gasteiger partial charge in [-0.1, -0.05) is 12.1 Å². The minimum atomic E-state index is -0.355. The van der Waals surface area contributed by atoms with Gasteiger partial charge in [-0.2, -0.15) is 0 Å². The summed E-state index contributed by atoms with van der Waals surface area (Å²) in [5.41, 5.74) is 2.52. The number of carbonyl (C=O) groups excluding carboxylic acids is 1. The maximum absolute atomic E-state index is 12.9. The zero-order chi connectivity index (χ0) is 23.8. The number of likely N-dealkylation sites (tertiary alicyclic amines) is 1. The van der Waals surface area contributed by atoms with Crippen LogP contribution in [-0.2, 0) is 7.05 Å². The molecule has 1 aromatic carbocycles. The van der Waals surface area contributed by atoms with Gasteiger partial charge in [0.05, 0.1) is 5.52 Å². The molecule has 1 saturated heterocycles. The Kier molecular flexibility index (Phi) is 5.40. The van der Waals surface area contributed by atoms with Crippen LogP contribution in [0.4, 0.5) is 10.5 Å². The molecule has 0 unspecified atom stereocenters. The molecule has 10 heteroatoms. The van der Waals surface area contributed by atoms with E-state index in [1.54, 1.807) is 65.3 Å². The third-order valence-corrected chi connectivity index (χ3v) is 6.23. The number of aromatic hydroxyl groups is 1. The van der Waals surface area contributed by atoms with Crippen molar-refractivity contribution in [2.24, 2.45) is 7.05 Å². The molecular weight excluding hydrogens is 436 g/mol. The van der Waals surface area contributed by atoms with Gasteiger partial charge < -0.3 is 19.9 Å². The van der Waals surface area contributed by atoms with Gasteiger partial charge in [0.1, 0.15) is 11.4 Å². The van der Waals surface area contributed by atoms with E-state index in [4.69, 9.17) is 0 Å². The van der Waals surface area contributed by atoms with E-state index < -0.39 is 0 Å². The molecule has 174 valence electrons.